The first kappa shape index (κ1) is 20.7. The topological polar surface area (TPSA) is 109 Å². The van der Waals surface area contributed by atoms with Crippen LogP contribution in [0.15, 0.2) is 54.9 Å². The Balaban J connectivity index is 1.82. The second-order valence-corrected chi connectivity index (χ2v) is 5.96. The number of benzene rings is 2. The molecule has 0 aliphatic heterocycles. The number of alkyl halides is 2. The molecule has 0 fully saturated rings. The van der Waals surface area contributed by atoms with Gasteiger partial charge in [-0.1, -0.05) is 12.1 Å². The summed E-state index contributed by atoms with van der Waals surface area (Å²) in [5, 5.41) is 18.0. The fraction of sp³-hybridized carbons (Fsp3) is 0.158. The van der Waals surface area contributed by atoms with Gasteiger partial charge in [-0.05, 0) is 23.8 Å². The van der Waals surface area contributed by atoms with Crippen LogP contribution in [0.3, 0.4) is 0 Å². The van der Waals surface area contributed by atoms with Gasteiger partial charge in [0.1, 0.15) is 5.56 Å². The molecule has 1 heterocycles. The zero-order valence-electron chi connectivity index (χ0n) is 15.6. The van der Waals surface area contributed by atoms with Crippen LogP contribution in [0.5, 0.6) is 11.5 Å². The van der Waals surface area contributed by atoms with E-state index in [4.69, 9.17) is 4.74 Å². The van der Waals surface area contributed by atoms with E-state index in [1.165, 1.54) is 7.11 Å². The average molecular weight is 418 g/mol. The normalized spacial score (nSPS) is 10.7. The standard InChI is InChI=1S/C19H16F2N4O5/c1-29-16-9-14(15(25(27)28)10-17(16)30-19(20)21)18(26)22-11-12-4-2-5-13(8-12)24-7-3-6-23-24/h2-10,19H,11H2,1H3,(H,22,26). The lowest BCUT2D eigenvalue weighted by Gasteiger charge is -2.12. The van der Waals surface area contributed by atoms with E-state index < -0.39 is 28.9 Å². The molecule has 156 valence electrons. The minimum Gasteiger partial charge on any atom is -0.493 e. The Hall–Kier alpha value is -4.02. The number of nitro benzene ring substituents is 1. The Morgan fingerprint density at radius 3 is 2.70 bits per heavy atom. The third-order valence-corrected chi connectivity index (χ3v) is 4.07. The van der Waals surface area contributed by atoms with Crippen LogP contribution < -0.4 is 14.8 Å². The maximum atomic E-state index is 12.6. The fourth-order valence-electron chi connectivity index (χ4n) is 2.74. The number of nitrogens with zero attached hydrogens (tertiary/aromatic N) is 3. The predicted octanol–water partition coefficient (Wildman–Crippen LogP) is 3.32. The van der Waals surface area contributed by atoms with Crippen molar-refractivity contribution in [3.05, 3.63) is 76.1 Å². The summed E-state index contributed by atoms with van der Waals surface area (Å²) in [5.41, 5.74) is 0.465. The Bertz CT molecular complexity index is 1060. The molecule has 0 bridgehead atoms. The summed E-state index contributed by atoms with van der Waals surface area (Å²) in [4.78, 5) is 23.1. The van der Waals surface area contributed by atoms with Crippen LogP contribution in [0.4, 0.5) is 14.5 Å². The Kier molecular flexibility index (Phi) is 6.20. The number of nitrogens with one attached hydrogen (secondary N) is 1. The van der Waals surface area contributed by atoms with E-state index in [0.29, 0.717) is 0 Å². The van der Waals surface area contributed by atoms with Crippen molar-refractivity contribution in [1.82, 2.24) is 15.1 Å². The number of rotatable bonds is 8. The highest BCUT2D eigenvalue weighted by Gasteiger charge is 2.25. The summed E-state index contributed by atoms with van der Waals surface area (Å²) >= 11 is 0. The van der Waals surface area contributed by atoms with E-state index in [0.717, 1.165) is 23.4 Å². The van der Waals surface area contributed by atoms with Gasteiger partial charge >= 0.3 is 6.61 Å². The molecule has 0 aliphatic carbocycles. The first-order valence-electron chi connectivity index (χ1n) is 8.57. The maximum Gasteiger partial charge on any atom is 0.387 e. The van der Waals surface area contributed by atoms with Gasteiger partial charge in [-0.15, -0.1) is 0 Å². The molecule has 0 atom stereocenters. The third kappa shape index (κ3) is 4.69. The molecule has 0 spiro atoms. The van der Waals surface area contributed by atoms with E-state index in [2.05, 4.69) is 15.2 Å². The van der Waals surface area contributed by atoms with Crippen LogP contribution in [-0.2, 0) is 6.54 Å². The minimum absolute atomic E-state index is 0.0721. The second-order valence-electron chi connectivity index (χ2n) is 5.96. The van der Waals surface area contributed by atoms with Gasteiger partial charge in [-0.2, -0.15) is 13.9 Å². The Labute approximate surface area is 169 Å². The van der Waals surface area contributed by atoms with Crippen LogP contribution >= 0.6 is 0 Å². The molecule has 9 nitrogen and oxygen atoms in total. The molecule has 0 saturated heterocycles. The summed E-state index contributed by atoms with van der Waals surface area (Å²) in [6, 6.07) is 10.7. The molecule has 0 radical (unpaired) electrons. The van der Waals surface area contributed by atoms with E-state index >= 15 is 0 Å². The van der Waals surface area contributed by atoms with Crippen LogP contribution in [0.2, 0.25) is 0 Å². The zero-order valence-corrected chi connectivity index (χ0v) is 15.6. The molecule has 11 heteroatoms. The maximum absolute atomic E-state index is 12.6. The van der Waals surface area contributed by atoms with E-state index in [1.807, 2.05) is 6.07 Å². The number of halogens is 2. The Morgan fingerprint density at radius 1 is 1.27 bits per heavy atom. The molecule has 0 unspecified atom stereocenters. The number of methoxy groups -OCH3 is 1. The lowest BCUT2D eigenvalue weighted by Crippen LogP contribution is -2.24. The van der Waals surface area contributed by atoms with Gasteiger partial charge in [0.25, 0.3) is 11.6 Å². The number of nitro groups is 1. The molecule has 3 rings (SSSR count). The molecule has 3 aromatic rings. The molecule has 2 aromatic carbocycles. The highest BCUT2D eigenvalue weighted by Crippen LogP contribution is 2.35. The van der Waals surface area contributed by atoms with E-state index in [1.54, 1.807) is 41.3 Å². The smallest absolute Gasteiger partial charge is 0.387 e. The van der Waals surface area contributed by atoms with Crippen LogP contribution in [0.1, 0.15) is 15.9 Å². The lowest BCUT2D eigenvalue weighted by atomic mass is 10.1. The molecule has 1 amide bonds. The SMILES string of the molecule is COc1cc(C(=O)NCc2cccc(-n3cccn3)c2)c([N+](=O)[O-])cc1OC(F)F. The summed E-state index contributed by atoms with van der Waals surface area (Å²) < 4.78 is 35.9. The van der Waals surface area contributed by atoms with Crippen molar-refractivity contribution in [2.45, 2.75) is 13.2 Å². The van der Waals surface area contributed by atoms with Gasteiger partial charge in [0, 0.05) is 25.0 Å². The Morgan fingerprint density at radius 2 is 2.07 bits per heavy atom. The van der Waals surface area contributed by atoms with Gasteiger partial charge in [0.15, 0.2) is 11.5 Å². The molecule has 0 saturated carbocycles. The van der Waals surface area contributed by atoms with Gasteiger partial charge in [0.05, 0.1) is 23.8 Å². The van der Waals surface area contributed by atoms with Crippen molar-refractivity contribution in [2.24, 2.45) is 0 Å². The van der Waals surface area contributed by atoms with Crippen LogP contribution in [0, 0.1) is 10.1 Å². The predicted molar refractivity (Wildman–Crippen MR) is 101 cm³/mol. The molecule has 1 N–H and O–H groups in total. The second kappa shape index (κ2) is 8.99. The summed E-state index contributed by atoms with van der Waals surface area (Å²) in [5.74, 6) is -1.54. The van der Waals surface area contributed by atoms with Gasteiger partial charge in [-0.3, -0.25) is 14.9 Å². The summed E-state index contributed by atoms with van der Waals surface area (Å²) in [6.45, 7) is -3.14. The van der Waals surface area contributed by atoms with Crippen molar-refractivity contribution in [3.8, 4) is 17.2 Å². The lowest BCUT2D eigenvalue weighted by molar-refractivity contribution is -0.385. The molecular formula is C19H16F2N4O5. The number of hydrogen-bond acceptors (Lipinski definition) is 6. The molecule has 30 heavy (non-hydrogen) atoms. The largest absolute Gasteiger partial charge is 0.493 e. The molecule has 1 aromatic heterocycles. The highest BCUT2D eigenvalue weighted by atomic mass is 19.3. The third-order valence-electron chi connectivity index (χ3n) is 4.07. The van der Waals surface area contributed by atoms with E-state index in [9.17, 15) is 23.7 Å². The van der Waals surface area contributed by atoms with Crippen LogP contribution in [-0.4, -0.2) is 34.3 Å². The van der Waals surface area contributed by atoms with Crippen molar-refractivity contribution < 1.29 is 28.0 Å². The van der Waals surface area contributed by atoms with E-state index in [-0.39, 0.29) is 17.9 Å². The number of ether oxygens (including phenoxy) is 2. The number of amides is 1. The highest BCUT2D eigenvalue weighted by molar-refractivity contribution is 5.99. The van der Waals surface area contributed by atoms with Gasteiger partial charge in [-0.25, -0.2) is 4.68 Å². The number of carbonyl (C=O) groups is 1. The van der Waals surface area contributed by atoms with Crippen LogP contribution in [0.25, 0.3) is 5.69 Å². The van der Waals surface area contributed by atoms with Crippen molar-refractivity contribution >= 4 is 11.6 Å². The first-order chi connectivity index (χ1) is 14.4. The summed E-state index contributed by atoms with van der Waals surface area (Å²) in [7, 11) is 1.17. The van der Waals surface area contributed by atoms with Gasteiger partial charge < -0.3 is 14.8 Å². The first-order valence-corrected chi connectivity index (χ1v) is 8.57. The van der Waals surface area contributed by atoms with Crippen molar-refractivity contribution in [3.63, 3.8) is 0 Å². The number of aromatic nitrogens is 2. The van der Waals surface area contributed by atoms with Gasteiger partial charge in [0.2, 0.25) is 0 Å². The zero-order chi connectivity index (χ0) is 21.7. The molecular weight excluding hydrogens is 402 g/mol. The summed E-state index contributed by atoms with van der Waals surface area (Å²) in [6.07, 6.45) is 3.39. The number of carbonyl (C=O) groups excluding carboxylic acids is 1. The minimum atomic E-state index is -3.21. The van der Waals surface area contributed by atoms with Crippen molar-refractivity contribution in [2.75, 3.05) is 7.11 Å². The molecule has 0 aliphatic rings. The average Bonchev–Trinajstić information content (AvgIpc) is 3.26. The fourth-order valence-corrected chi connectivity index (χ4v) is 2.74. The monoisotopic (exact) mass is 418 g/mol. The van der Waals surface area contributed by atoms with Crippen molar-refractivity contribution in [1.29, 1.82) is 0 Å². The quantitative estimate of drug-likeness (QED) is 0.444. The number of hydrogen-bond donors (Lipinski definition) is 1.